The van der Waals surface area contributed by atoms with Gasteiger partial charge < -0.3 is 5.32 Å². The maximum absolute atomic E-state index is 6.20. The summed E-state index contributed by atoms with van der Waals surface area (Å²) in [6.07, 6.45) is 6.89. The molecule has 22 heavy (non-hydrogen) atoms. The number of anilines is 1. The van der Waals surface area contributed by atoms with Gasteiger partial charge in [-0.1, -0.05) is 54.9 Å². The summed E-state index contributed by atoms with van der Waals surface area (Å²) in [5.41, 5.74) is 5.35. The van der Waals surface area contributed by atoms with Crippen molar-refractivity contribution in [2.24, 2.45) is 5.92 Å². The van der Waals surface area contributed by atoms with Crippen LogP contribution in [-0.4, -0.2) is 0 Å². The Bertz CT molecular complexity index is 717. The van der Waals surface area contributed by atoms with Crippen LogP contribution in [0.15, 0.2) is 54.6 Å². The van der Waals surface area contributed by atoms with E-state index in [1.807, 2.05) is 6.07 Å². The lowest BCUT2D eigenvalue weighted by atomic mass is 9.77. The highest BCUT2D eigenvalue weighted by Crippen LogP contribution is 2.50. The minimum atomic E-state index is 0.375. The van der Waals surface area contributed by atoms with Crippen LogP contribution in [0.3, 0.4) is 0 Å². The van der Waals surface area contributed by atoms with Gasteiger partial charge >= 0.3 is 0 Å². The number of halogens is 1. The summed E-state index contributed by atoms with van der Waals surface area (Å²) in [5.74, 6) is 1.06. The molecular weight excluding hydrogens is 290 g/mol. The Morgan fingerprint density at radius 2 is 1.95 bits per heavy atom. The van der Waals surface area contributed by atoms with Gasteiger partial charge in [0.2, 0.25) is 0 Å². The van der Waals surface area contributed by atoms with Crippen LogP contribution in [0.1, 0.15) is 42.0 Å². The fourth-order valence-electron chi connectivity index (χ4n) is 3.86. The number of nitrogens with one attached hydrogen (secondary N) is 1. The number of fused-ring (bicyclic) bond motifs is 3. The third kappa shape index (κ3) is 2.24. The van der Waals surface area contributed by atoms with Gasteiger partial charge in [0.1, 0.15) is 0 Å². The van der Waals surface area contributed by atoms with Gasteiger partial charge in [-0.3, -0.25) is 0 Å². The van der Waals surface area contributed by atoms with Gasteiger partial charge in [0.25, 0.3) is 0 Å². The number of aryl methyl sites for hydroxylation is 1. The maximum atomic E-state index is 6.20. The normalized spacial score (nSPS) is 25.5. The molecule has 3 atom stereocenters. The van der Waals surface area contributed by atoms with E-state index in [1.54, 1.807) is 0 Å². The molecule has 1 nitrogen and oxygen atoms in total. The van der Waals surface area contributed by atoms with E-state index in [2.05, 4.69) is 60.8 Å². The number of allylic oxidation sites excluding steroid dienone is 2. The van der Waals surface area contributed by atoms with E-state index in [0.29, 0.717) is 17.9 Å². The number of benzene rings is 2. The fourth-order valence-corrected chi connectivity index (χ4v) is 4.04. The molecule has 1 aliphatic heterocycles. The van der Waals surface area contributed by atoms with Gasteiger partial charge in [0.05, 0.1) is 6.04 Å². The Morgan fingerprint density at radius 3 is 2.73 bits per heavy atom. The molecule has 112 valence electrons. The zero-order valence-corrected chi connectivity index (χ0v) is 13.5. The van der Waals surface area contributed by atoms with Crippen molar-refractivity contribution in [2.75, 3.05) is 5.32 Å². The van der Waals surface area contributed by atoms with Crippen molar-refractivity contribution >= 4 is 17.3 Å². The van der Waals surface area contributed by atoms with E-state index in [0.717, 1.165) is 17.9 Å². The molecule has 0 fully saturated rings. The molecule has 0 saturated heterocycles. The van der Waals surface area contributed by atoms with Crippen molar-refractivity contribution in [3.05, 3.63) is 76.3 Å². The largest absolute Gasteiger partial charge is 0.378 e. The lowest BCUT2D eigenvalue weighted by molar-refractivity contribution is 0.425. The van der Waals surface area contributed by atoms with Crippen LogP contribution in [0.4, 0.5) is 5.69 Å². The lowest BCUT2D eigenvalue weighted by Crippen LogP contribution is -2.29. The number of rotatable bonds is 2. The number of hydrogen-bond acceptors (Lipinski definition) is 1. The minimum Gasteiger partial charge on any atom is -0.378 e. The van der Waals surface area contributed by atoms with Gasteiger partial charge in [-0.25, -0.2) is 0 Å². The molecule has 2 heteroatoms. The number of hydrogen-bond donors (Lipinski definition) is 1. The monoisotopic (exact) mass is 309 g/mol. The summed E-state index contributed by atoms with van der Waals surface area (Å²) in [7, 11) is 0. The summed E-state index contributed by atoms with van der Waals surface area (Å²) in [4.78, 5) is 0. The Labute approximate surface area is 137 Å². The van der Waals surface area contributed by atoms with Crippen LogP contribution in [0, 0.1) is 5.92 Å². The van der Waals surface area contributed by atoms with Crippen molar-refractivity contribution in [1.82, 2.24) is 0 Å². The lowest BCUT2D eigenvalue weighted by Gasteiger charge is -2.37. The van der Waals surface area contributed by atoms with E-state index < -0.39 is 0 Å². The Morgan fingerprint density at radius 1 is 1.14 bits per heavy atom. The van der Waals surface area contributed by atoms with Gasteiger partial charge in [0, 0.05) is 16.6 Å². The van der Waals surface area contributed by atoms with E-state index in [-0.39, 0.29) is 0 Å². The van der Waals surface area contributed by atoms with Crippen LogP contribution in [-0.2, 0) is 6.42 Å². The zero-order valence-electron chi connectivity index (χ0n) is 12.7. The van der Waals surface area contributed by atoms with Crippen LogP contribution < -0.4 is 5.32 Å². The van der Waals surface area contributed by atoms with E-state index in [1.165, 1.54) is 22.4 Å². The minimum absolute atomic E-state index is 0.375. The molecule has 0 spiro atoms. The van der Waals surface area contributed by atoms with Crippen LogP contribution in [0.5, 0.6) is 0 Å². The average Bonchev–Trinajstić information content (AvgIpc) is 3.04. The molecule has 2 aromatic carbocycles. The first-order valence-corrected chi connectivity index (χ1v) is 8.45. The summed E-state index contributed by atoms with van der Waals surface area (Å²) in [5, 5.41) is 4.58. The van der Waals surface area contributed by atoms with Crippen molar-refractivity contribution in [1.29, 1.82) is 0 Å². The smallest absolute Gasteiger partial charge is 0.0553 e. The molecule has 0 unspecified atom stereocenters. The molecule has 0 saturated carbocycles. The molecule has 2 aliphatic rings. The first-order valence-electron chi connectivity index (χ1n) is 8.07. The molecular formula is C20H20ClN. The van der Waals surface area contributed by atoms with Gasteiger partial charge in [-0.05, 0) is 53.6 Å². The topological polar surface area (TPSA) is 12.0 Å². The molecule has 0 amide bonds. The highest BCUT2D eigenvalue weighted by Gasteiger charge is 2.37. The average molecular weight is 310 g/mol. The fraction of sp³-hybridized carbons (Fsp3) is 0.300. The Kier molecular flexibility index (Phi) is 3.46. The standard InChI is InChI=1S/C20H20ClN/c1-2-13-6-8-14(9-7-13)20-17-5-3-4-16(17)18-12-15(21)10-11-19(18)22-20/h3-4,6-12,16-17,20,22H,2,5H2,1H3/t16-,17-,20-/m0/s1. The Hall–Kier alpha value is -1.73. The summed E-state index contributed by atoms with van der Waals surface area (Å²) in [6.45, 7) is 2.20. The molecule has 1 heterocycles. The van der Waals surface area contributed by atoms with Gasteiger partial charge in [0.15, 0.2) is 0 Å². The van der Waals surface area contributed by atoms with Crippen molar-refractivity contribution < 1.29 is 0 Å². The highest BCUT2D eigenvalue weighted by atomic mass is 35.5. The summed E-state index contributed by atoms with van der Waals surface area (Å²) < 4.78 is 0. The van der Waals surface area contributed by atoms with Gasteiger partial charge in [-0.15, -0.1) is 0 Å². The quantitative estimate of drug-likeness (QED) is 0.699. The molecule has 2 aromatic rings. The second-order valence-electron chi connectivity index (χ2n) is 6.30. The van der Waals surface area contributed by atoms with E-state index in [9.17, 15) is 0 Å². The molecule has 0 bridgehead atoms. The predicted molar refractivity (Wildman–Crippen MR) is 93.6 cm³/mol. The highest BCUT2D eigenvalue weighted by molar-refractivity contribution is 6.30. The van der Waals surface area contributed by atoms with Crippen LogP contribution in [0.25, 0.3) is 0 Å². The molecule has 1 aliphatic carbocycles. The molecule has 4 rings (SSSR count). The SMILES string of the molecule is CCc1ccc([C@@H]2Nc3ccc(Cl)cc3[C@H]3C=CC[C@@H]32)cc1. The van der Waals surface area contributed by atoms with Crippen LogP contribution in [0.2, 0.25) is 5.02 Å². The first-order chi connectivity index (χ1) is 10.8. The second kappa shape index (κ2) is 5.48. The van der Waals surface area contributed by atoms with Crippen molar-refractivity contribution in [3.8, 4) is 0 Å². The van der Waals surface area contributed by atoms with Crippen molar-refractivity contribution in [2.45, 2.75) is 31.7 Å². The molecule has 0 aromatic heterocycles. The summed E-state index contributed by atoms with van der Waals surface area (Å²) >= 11 is 6.20. The predicted octanol–water partition coefficient (Wildman–Crippen LogP) is 5.73. The third-order valence-electron chi connectivity index (χ3n) is 5.07. The summed E-state index contributed by atoms with van der Waals surface area (Å²) in [6, 6.07) is 15.7. The van der Waals surface area contributed by atoms with Crippen LogP contribution >= 0.6 is 11.6 Å². The molecule has 0 radical (unpaired) electrons. The van der Waals surface area contributed by atoms with Crippen molar-refractivity contribution in [3.63, 3.8) is 0 Å². The maximum Gasteiger partial charge on any atom is 0.0553 e. The van der Waals surface area contributed by atoms with E-state index in [4.69, 9.17) is 11.6 Å². The molecule has 1 N–H and O–H groups in total. The Balaban J connectivity index is 1.74. The zero-order chi connectivity index (χ0) is 15.1. The van der Waals surface area contributed by atoms with E-state index >= 15 is 0 Å². The first kappa shape index (κ1) is 13.9. The third-order valence-corrected chi connectivity index (χ3v) is 5.31. The van der Waals surface area contributed by atoms with Gasteiger partial charge in [-0.2, -0.15) is 0 Å². The second-order valence-corrected chi connectivity index (χ2v) is 6.74.